The van der Waals surface area contributed by atoms with Crippen LogP contribution in [0.3, 0.4) is 0 Å². The maximum atomic E-state index is 14.9. The Bertz CT molecular complexity index is 1200. The number of alkyl halides is 1. The number of amides is 2. The van der Waals surface area contributed by atoms with Crippen LogP contribution in [0.4, 0.5) is 8.78 Å². The van der Waals surface area contributed by atoms with Crippen LogP contribution in [0, 0.1) is 5.82 Å². The number of carbonyl (C=O) groups excluding carboxylic acids is 2. The molecular formula is C29H39F2N7O2. The molecule has 0 spiro atoms. The first-order valence-corrected chi connectivity index (χ1v) is 13.7. The van der Waals surface area contributed by atoms with Crippen LogP contribution in [0.15, 0.2) is 60.6 Å². The van der Waals surface area contributed by atoms with E-state index in [1.807, 2.05) is 49.1 Å². The second-order valence-electron chi connectivity index (χ2n) is 10.6. The van der Waals surface area contributed by atoms with Gasteiger partial charge in [-0.1, -0.05) is 56.3 Å². The van der Waals surface area contributed by atoms with E-state index in [1.54, 1.807) is 12.1 Å². The first kappa shape index (κ1) is 29.3. The van der Waals surface area contributed by atoms with Crippen LogP contribution in [0.2, 0.25) is 0 Å². The van der Waals surface area contributed by atoms with E-state index in [1.165, 1.54) is 17.2 Å². The average molecular weight is 556 g/mol. The molecule has 2 heterocycles. The monoisotopic (exact) mass is 555 g/mol. The Morgan fingerprint density at radius 3 is 2.50 bits per heavy atom. The van der Waals surface area contributed by atoms with Crippen molar-refractivity contribution in [3.8, 4) is 0 Å². The molecular weight excluding hydrogens is 516 g/mol. The SMILES string of the molecule is CC(C)c1ccc([C@@H](NC(=O)[C@@H]2C[C@@H](F)CN2C(=O)CN(N)/C=C(\N)N2CCNCC2)c2ccccc2)cc1F. The fourth-order valence-electron chi connectivity index (χ4n) is 5.21. The predicted octanol–water partition coefficient (Wildman–Crippen LogP) is 1.93. The molecule has 2 aromatic carbocycles. The number of nitrogens with one attached hydrogen (secondary N) is 2. The van der Waals surface area contributed by atoms with Crippen LogP contribution in [-0.4, -0.2) is 78.1 Å². The Labute approximate surface area is 234 Å². The molecule has 2 amide bonds. The van der Waals surface area contributed by atoms with E-state index < -0.39 is 30.1 Å². The Kier molecular flexibility index (Phi) is 9.59. The Morgan fingerprint density at radius 1 is 1.15 bits per heavy atom. The van der Waals surface area contributed by atoms with Crippen molar-refractivity contribution in [2.75, 3.05) is 39.3 Å². The van der Waals surface area contributed by atoms with Gasteiger partial charge in [0, 0.05) is 32.6 Å². The third-order valence-corrected chi connectivity index (χ3v) is 7.37. The number of hydrogen-bond donors (Lipinski definition) is 4. The molecule has 9 nitrogen and oxygen atoms in total. The second kappa shape index (κ2) is 13.1. The molecule has 6 N–H and O–H groups in total. The molecule has 40 heavy (non-hydrogen) atoms. The highest BCUT2D eigenvalue weighted by molar-refractivity contribution is 5.89. The number of benzene rings is 2. The van der Waals surface area contributed by atoms with Crippen LogP contribution >= 0.6 is 0 Å². The maximum absolute atomic E-state index is 14.9. The molecule has 0 unspecified atom stereocenters. The molecule has 2 aliphatic heterocycles. The lowest BCUT2D eigenvalue weighted by molar-refractivity contribution is -0.139. The van der Waals surface area contributed by atoms with Gasteiger partial charge in [0.1, 0.15) is 30.4 Å². The van der Waals surface area contributed by atoms with Gasteiger partial charge in [-0.2, -0.15) is 0 Å². The van der Waals surface area contributed by atoms with Crippen LogP contribution < -0.4 is 22.2 Å². The normalized spacial score (nSPS) is 20.5. The Morgan fingerprint density at radius 2 is 1.85 bits per heavy atom. The van der Waals surface area contributed by atoms with E-state index in [2.05, 4.69) is 10.6 Å². The lowest BCUT2D eigenvalue weighted by atomic mass is 9.94. The summed E-state index contributed by atoms with van der Waals surface area (Å²) in [6.07, 6.45) is -0.0177. The largest absolute Gasteiger partial charge is 0.384 e. The van der Waals surface area contributed by atoms with Crippen molar-refractivity contribution in [3.05, 3.63) is 83.1 Å². The maximum Gasteiger partial charge on any atom is 0.244 e. The van der Waals surface area contributed by atoms with Crippen LogP contribution in [0.1, 0.15) is 48.9 Å². The molecule has 0 saturated carbocycles. The quantitative estimate of drug-likeness (QED) is 0.276. The second-order valence-corrected chi connectivity index (χ2v) is 10.6. The van der Waals surface area contributed by atoms with Gasteiger partial charge in [-0.15, -0.1) is 0 Å². The summed E-state index contributed by atoms with van der Waals surface area (Å²) < 4.78 is 29.5. The van der Waals surface area contributed by atoms with Gasteiger partial charge in [0.05, 0.1) is 18.8 Å². The molecule has 4 rings (SSSR count). The minimum absolute atomic E-state index is 0.00234. The minimum Gasteiger partial charge on any atom is -0.384 e. The molecule has 0 aromatic heterocycles. The first-order chi connectivity index (χ1) is 19.1. The van der Waals surface area contributed by atoms with E-state index in [9.17, 15) is 18.4 Å². The minimum atomic E-state index is -1.36. The first-order valence-electron chi connectivity index (χ1n) is 13.7. The molecule has 3 atom stereocenters. The molecule has 11 heteroatoms. The molecule has 2 aromatic rings. The molecule has 2 aliphatic rings. The number of halogens is 2. The highest BCUT2D eigenvalue weighted by Crippen LogP contribution is 2.28. The summed E-state index contributed by atoms with van der Waals surface area (Å²) in [4.78, 5) is 29.9. The highest BCUT2D eigenvalue weighted by Gasteiger charge is 2.40. The van der Waals surface area contributed by atoms with Gasteiger partial charge in [0.15, 0.2) is 0 Å². The lowest BCUT2D eigenvalue weighted by Crippen LogP contribution is -2.50. The zero-order valence-corrected chi connectivity index (χ0v) is 23.0. The van der Waals surface area contributed by atoms with Crippen molar-refractivity contribution in [2.45, 2.75) is 44.4 Å². The van der Waals surface area contributed by atoms with E-state index in [0.29, 0.717) is 30.0 Å². The number of hydrogen-bond acceptors (Lipinski definition) is 7. The van der Waals surface area contributed by atoms with Gasteiger partial charge in [-0.25, -0.2) is 14.6 Å². The van der Waals surface area contributed by atoms with E-state index >= 15 is 0 Å². The van der Waals surface area contributed by atoms with Gasteiger partial charge in [-0.3, -0.25) is 9.59 Å². The fourth-order valence-corrected chi connectivity index (χ4v) is 5.21. The number of nitrogens with two attached hydrogens (primary N) is 2. The van der Waals surface area contributed by atoms with Crippen molar-refractivity contribution in [2.24, 2.45) is 11.6 Å². The van der Waals surface area contributed by atoms with E-state index in [-0.39, 0.29) is 31.2 Å². The van der Waals surface area contributed by atoms with Crippen molar-refractivity contribution in [3.63, 3.8) is 0 Å². The zero-order valence-electron chi connectivity index (χ0n) is 23.0. The van der Waals surface area contributed by atoms with Crippen molar-refractivity contribution < 1.29 is 18.4 Å². The molecule has 2 saturated heterocycles. The molecule has 0 bridgehead atoms. The van der Waals surface area contributed by atoms with Crippen molar-refractivity contribution in [1.82, 2.24) is 25.4 Å². The van der Waals surface area contributed by atoms with Crippen LogP contribution in [0.25, 0.3) is 0 Å². The third kappa shape index (κ3) is 7.08. The van der Waals surface area contributed by atoms with Gasteiger partial charge in [0.2, 0.25) is 11.8 Å². The van der Waals surface area contributed by atoms with Crippen LogP contribution in [0.5, 0.6) is 0 Å². The van der Waals surface area contributed by atoms with Gasteiger partial charge in [-0.05, 0) is 28.7 Å². The molecule has 0 radical (unpaired) electrons. The summed E-state index contributed by atoms with van der Waals surface area (Å²) in [6, 6.07) is 12.4. The van der Waals surface area contributed by atoms with Gasteiger partial charge >= 0.3 is 0 Å². The fraction of sp³-hybridized carbons (Fsp3) is 0.448. The smallest absolute Gasteiger partial charge is 0.244 e. The third-order valence-electron chi connectivity index (χ3n) is 7.37. The number of piperazine rings is 1. The number of rotatable bonds is 9. The highest BCUT2D eigenvalue weighted by atomic mass is 19.1. The standard InChI is InChI=1S/C29H39F2N7O2/c1-19(2)23-9-8-21(14-24(23)31)28(20-6-4-3-5-7-20)35-29(40)25-15-22(30)16-38(25)27(39)18-37(33)17-26(32)36-12-10-34-11-13-36/h3-9,14,17,19,22,25,28,34H,10-13,15-16,18,32-33H2,1-2H3,(H,35,40)/b26-17+/t22-,25+,28+/m1/s1. The number of nitrogens with zero attached hydrogens (tertiary/aromatic N) is 3. The summed E-state index contributed by atoms with van der Waals surface area (Å²) in [5, 5.41) is 7.34. The van der Waals surface area contributed by atoms with Gasteiger partial charge in [0.25, 0.3) is 0 Å². The predicted molar refractivity (Wildman–Crippen MR) is 150 cm³/mol. The average Bonchev–Trinajstić information content (AvgIpc) is 3.34. The van der Waals surface area contributed by atoms with Gasteiger partial charge < -0.3 is 31.2 Å². The zero-order chi connectivity index (χ0) is 28.8. The van der Waals surface area contributed by atoms with Crippen molar-refractivity contribution in [1.29, 1.82) is 0 Å². The Hall–Kier alpha value is -3.70. The summed E-state index contributed by atoms with van der Waals surface area (Å²) >= 11 is 0. The summed E-state index contributed by atoms with van der Waals surface area (Å²) in [5.41, 5.74) is 8.01. The van der Waals surface area contributed by atoms with Crippen molar-refractivity contribution >= 4 is 11.8 Å². The number of hydrazine groups is 1. The van der Waals surface area contributed by atoms with E-state index in [4.69, 9.17) is 11.6 Å². The molecule has 216 valence electrons. The molecule has 2 fully saturated rings. The Balaban J connectivity index is 1.49. The van der Waals surface area contributed by atoms with Crippen LogP contribution in [-0.2, 0) is 9.59 Å². The van der Waals surface area contributed by atoms with E-state index in [0.717, 1.165) is 23.7 Å². The molecule has 0 aliphatic carbocycles. The summed E-state index contributed by atoms with van der Waals surface area (Å²) in [5.74, 6) is 5.10. The number of likely N-dealkylation sites (tertiary alicyclic amines) is 1. The topological polar surface area (TPSA) is 120 Å². The lowest BCUT2D eigenvalue weighted by Gasteiger charge is -2.31. The number of carbonyl (C=O) groups is 2. The summed E-state index contributed by atoms with van der Waals surface area (Å²) in [6.45, 7) is 6.35. The summed E-state index contributed by atoms with van der Waals surface area (Å²) in [7, 11) is 0.